The maximum atomic E-state index is 12.0. The number of nitro benzene ring substituents is 1. The second-order valence-electron chi connectivity index (χ2n) is 3.99. The zero-order chi connectivity index (χ0) is 13.8. The van der Waals surface area contributed by atoms with Gasteiger partial charge in [-0.3, -0.25) is 14.9 Å². The molecule has 6 nitrogen and oxygen atoms in total. The molecule has 1 heterocycles. The van der Waals surface area contributed by atoms with E-state index in [4.69, 9.17) is 4.42 Å². The highest BCUT2D eigenvalue weighted by molar-refractivity contribution is 5.98. The maximum absolute atomic E-state index is 12.0. The summed E-state index contributed by atoms with van der Waals surface area (Å²) >= 11 is 0. The molecule has 0 fully saturated rings. The molecule has 0 bridgehead atoms. The lowest BCUT2D eigenvalue weighted by Gasteiger charge is -2.05. The van der Waals surface area contributed by atoms with Crippen LogP contribution in [0.3, 0.4) is 0 Å². The molecule has 0 aliphatic carbocycles. The SMILES string of the molecule is Cc1cccc(C(=O)NCc2ccco2)c1[N+](=O)[O-]. The first kappa shape index (κ1) is 12.8. The first-order chi connectivity index (χ1) is 9.09. The Bertz CT molecular complexity index is 605. The molecule has 19 heavy (non-hydrogen) atoms. The van der Waals surface area contributed by atoms with Gasteiger partial charge in [0.05, 0.1) is 17.7 Å². The molecule has 2 rings (SSSR count). The monoisotopic (exact) mass is 260 g/mol. The summed E-state index contributed by atoms with van der Waals surface area (Å²) < 4.78 is 5.07. The number of rotatable bonds is 4. The second kappa shape index (κ2) is 5.34. The smallest absolute Gasteiger partial charge is 0.285 e. The lowest BCUT2D eigenvalue weighted by atomic mass is 10.1. The number of benzene rings is 1. The Morgan fingerprint density at radius 2 is 2.16 bits per heavy atom. The van der Waals surface area contributed by atoms with Crippen molar-refractivity contribution >= 4 is 11.6 Å². The number of amides is 1. The first-order valence-corrected chi connectivity index (χ1v) is 5.64. The Morgan fingerprint density at radius 1 is 1.37 bits per heavy atom. The van der Waals surface area contributed by atoms with Crippen LogP contribution in [0.5, 0.6) is 0 Å². The van der Waals surface area contributed by atoms with Crippen molar-refractivity contribution in [2.24, 2.45) is 0 Å². The van der Waals surface area contributed by atoms with Crippen molar-refractivity contribution in [3.8, 4) is 0 Å². The molecule has 0 aliphatic rings. The Balaban J connectivity index is 2.19. The molecule has 0 radical (unpaired) electrons. The van der Waals surface area contributed by atoms with Crippen molar-refractivity contribution in [1.29, 1.82) is 0 Å². The van der Waals surface area contributed by atoms with Gasteiger partial charge in [0.1, 0.15) is 11.3 Å². The highest BCUT2D eigenvalue weighted by atomic mass is 16.6. The average Bonchev–Trinajstić information content (AvgIpc) is 2.88. The Hall–Kier alpha value is -2.63. The number of nitrogens with zero attached hydrogens (tertiary/aromatic N) is 1. The third kappa shape index (κ3) is 2.79. The summed E-state index contributed by atoms with van der Waals surface area (Å²) in [5.41, 5.74) is 0.339. The van der Waals surface area contributed by atoms with Gasteiger partial charge in [-0.25, -0.2) is 0 Å². The molecule has 0 atom stereocenters. The minimum Gasteiger partial charge on any atom is -0.467 e. The molecule has 1 aromatic heterocycles. The topological polar surface area (TPSA) is 85.4 Å². The fourth-order valence-corrected chi connectivity index (χ4v) is 1.76. The molecule has 0 saturated carbocycles. The van der Waals surface area contributed by atoms with Crippen molar-refractivity contribution in [1.82, 2.24) is 5.32 Å². The molecule has 1 N–H and O–H groups in total. The van der Waals surface area contributed by atoms with Gasteiger partial charge in [0.25, 0.3) is 11.6 Å². The second-order valence-corrected chi connectivity index (χ2v) is 3.99. The number of nitrogens with one attached hydrogen (secondary N) is 1. The molecule has 0 unspecified atom stereocenters. The third-order valence-corrected chi connectivity index (χ3v) is 2.67. The standard InChI is InChI=1S/C13H12N2O4/c1-9-4-2-6-11(12(9)15(17)18)13(16)14-8-10-5-3-7-19-10/h2-7H,8H2,1H3,(H,14,16). The van der Waals surface area contributed by atoms with Gasteiger partial charge < -0.3 is 9.73 Å². The average molecular weight is 260 g/mol. The normalized spacial score (nSPS) is 10.2. The van der Waals surface area contributed by atoms with E-state index in [0.29, 0.717) is 11.3 Å². The van der Waals surface area contributed by atoms with E-state index in [2.05, 4.69) is 5.32 Å². The van der Waals surface area contributed by atoms with E-state index in [0.717, 1.165) is 0 Å². The van der Waals surface area contributed by atoms with Crippen molar-refractivity contribution in [3.05, 3.63) is 63.6 Å². The van der Waals surface area contributed by atoms with Crippen molar-refractivity contribution in [2.45, 2.75) is 13.5 Å². The van der Waals surface area contributed by atoms with E-state index in [1.54, 1.807) is 31.2 Å². The van der Waals surface area contributed by atoms with Gasteiger partial charge in [0.2, 0.25) is 0 Å². The van der Waals surface area contributed by atoms with Gasteiger partial charge in [-0.05, 0) is 25.1 Å². The van der Waals surface area contributed by atoms with Crippen LogP contribution in [0.2, 0.25) is 0 Å². The van der Waals surface area contributed by atoms with Crippen LogP contribution in [0, 0.1) is 17.0 Å². The van der Waals surface area contributed by atoms with Crippen LogP contribution in [0.15, 0.2) is 41.0 Å². The van der Waals surface area contributed by atoms with Crippen molar-refractivity contribution < 1.29 is 14.1 Å². The lowest BCUT2D eigenvalue weighted by molar-refractivity contribution is -0.385. The van der Waals surface area contributed by atoms with Gasteiger partial charge in [-0.1, -0.05) is 12.1 Å². The maximum Gasteiger partial charge on any atom is 0.285 e. The van der Waals surface area contributed by atoms with E-state index in [-0.39, 0.29) is 17.8 Å². The van der Waals surface area contributed by atoms with Gasteiger partial charge >= 0.3 is 0 Å². The zero-order valence-corrected chi connectivity index (χ0v) is 10.3. The predicted molar refractivity (Wildman–Crippen MR) is 67.7 cm³/mol. The van der Waals surface area contributed by atoms with Crippen LogP contribution in [0.1, 0.15) is 21.7 Å². The first-order valence-electron chi connectivity index (χ1n) is 5.64. The van der Waals surface area contributed by atoms with E-state index in [1.807, 2.05) is 0 Å². The number of carbonyl (C=O) groups is 1. The Kier molecular flexibility index (Phi) is 3.61. The van der Waals surface area contributed by atoms with Crippen LogP contribution < -0.4 is 5.32 Å². The summed E-state index contributed by atoms with van der Waals surface area (Å²) in [7, 11) is 0. The molecule has 1 amide bonds. The van der Waals surface area contributed by atoms with Gasteiger partial charge in [0, 0.05) is 5.56 Å². The lowest BCUT2D eigenvalue weighted by Crippen LogP contribution is -2.23. The Morgan fingerprint density at radius 3 is 2.79 bits per heavy atom. The van der Waals surface area contributed by atoms with Crippen molar-refractivity contribution in [2.75, 3.05) is 0 Å². The number of para-hydroxylation sites is 1. The fourth-order valence-electron chi connectivity index (χ4n) is 1.76. The molecule has 0 spiro atoms. The highest BCUT2D eigenvalue weighted by Crippen LogP contribution is 2.22. The van der Waals surface area contributed by atoms with Crippen LogP contribution >= 0.6 is 0 Å². The molecular weight excluding hydrogens is 248 g/mol. The summed E-state index contributed by atoms with van der Waals surface area (Å²) in [6.07, 6.45) is 1.50. The summed E-state index contributed by atoms with van der Waals surface area (Å²) in [5.74, 6) is 0.0930. The number of furan rings is 1. The number of aryl methyl sites for hydroxylation is 1. The molecule has 2 aromatic rings. The van der Waals surface area contributed by atoms with Crippen molar-refractivity contribution in [3.63, 3.8) is 0 Å². The highest BCUT2D eigenvalue weighted by Gasteiger charge is 2.22. The van der Waals surface area contributed by atoms with Gasteiger partial charge in [-0.15, -0.1) is 0 Å². The molecule has 0 aliphatic heterocycles. The molecular formula is C13H12N2O4. The minimum atomic E-state index is -0.545. The van der Waals surface area contributed by atoms with E-state index >= 15 is 0 Å². The van der Waals surface area contributed by atoms with Crippen LogP contribution in [0.4, 0.5) is 5.69 Å². The molecule has 6 heteroatoms. The molecule has 1 aromatic carbocycles. The van der Waals surface area contributed by atoms with E-state index < -0.39 is 10.8 Å². The number of carbonyl (C=O) groups excluding carboxylic acids is 1. The summed E-state index contributed by atoms with van der Waals surface area (Å²) in [4.78, 5) is 22.4. The van der Waals surface area contributed by atoms with Gasteiger partial charge in [-0.2, -0.15) is 0 Å². The minimum absolute atomic E-state index is 0.0524. The van der Waals surface area contributed by atoms with E-state index in [1.165, 1.54) is 12.3 Å². The van der Waals surface area contributed by atoms with E-state index in [9.17, 15) is 14.9 Å². The number of nitro groups is 1. The summed E-state index contributed by atoms with van der Waals surface area (Å²) in [6, 6.07) is 8.07. The number of hydrogen-bond donors (Lipinski definition) is 1. The van der Waals surface area contributed by atoms with Gasteiger partial charge in [0.15, 0.2) is 0 Å². The van der Waals surface area contributed by atoms with Crippen LogP contribution in [-0.4, -0.2) is 10.8 Å². The largest absolute Gasteiger partial charge is 0.467 e. The predicted octanol–water partition coefficient (Wildman–Crippen LogP) is 2.43. The molecule has 98 valence electrons. The summed E-state index contributed by atoms with van der Waals surface area (Å²) in [6.45, 7) is 1.79. The van der Waals surface area contributed by atoms with Crippen LogP contribution in [-0.2, 0) is 6.54 Å². The number of hydrogen-bond acceptors (Lipinski definition) is 4. The third-order valence-electron chi connectivity index (χ3n) is 2.67. The van der Waals surface area contributed by atoms with Crippen LogP contribution in [0.25, 0.3) is 0 Å². The Labute approximate surface area is 109 Å². The quantitative estimate of drug-likeness (QED) is 0.675. The molecule has 0 saturated heterocycles. The zero-order valence-electron chi connectivity index (χ0n) is 10.3. The summed E-state index contributed by atoms with van der Waals surface area (Å²) in [5, 5.41) is 13.6. The fraction of sp³-hybridized carbons (Fsp3) is 0.154.